The van der Waals surface area contributed by atoms with Gasteiger partial charge < -0.3 is 10.2 Å². The molecule has 0 radical (unpaired) electrons. The van der Waals surface area contributed by atoms with Gasteiger partial charge in [0.05, 0.1) is 22.0 Å². The third-order valence-corrected chi connectivity index (χ3v) is 8.17. The van der Waals surface area contributed by atoms with Gasteiger partial charge in [0.15, 0.2) is 0 Å². The number of nitrogens with one attached hydrogen (secondary N) is 1. The topological polar surface area (TPSA) is 86.8 Å². The lowest BCUT2D eigenvalue weighted by atomic mass is 10.1. The van der Waals surface area contributed by atoms with E-state index in [9.17, 15) is 18.0 Å². The molecule has 0 aromatic heterocycles. The highest BCUT2D eigenvalue weighted by atomic mass is 35.5. The van der Waals surface area contributed by atoms with Crippen molar-refractivity contribution < 1.29 is 18.0 Å². The van der Waals surface area contributed by atoms with Gasteiger partial charge >= 0.3 is 0 Å². The van der Waals surface area contributed by atoms with Crippen molar-refractivity contribution in [1.82, 2.24) is 10.2 Å². The van der Waals surface area contributed by atoms with Crippen molar-refractivity contribution in [3.8, 4) is 0 Å². The molecule has 1 N–H and O–H groups in total. The number of hydrogen-bond donors (Lipinski definition) is 1. The zero-order valence-corrected chi connectivity index (χ0v) is 22.2. The molecule has 3 rings (SSSR count). The molecule has 0 bridgehead atoms. The third kappa shape index (κ3) is 7.35. The highest BCUT2D eigenvalue weighted by molar-refractivity contribution is 7.92. The van der Waals surface area contributed by atoms with Gasteiger partial charge in [0.25, 0.3) is 0 Å². The van der Waals surface area contributed by atoms with E-state index in [2.05, 4.69) is 5.32 Å². The summed E-state index contributed by atoms with van der Waals surface area (Å²) in [5.74, 6) is -0.749. The highest BCUT2D eigenvalue weighted by Gasteiger charge is 2.31. The summed E-state index contributed by atoms with van der Waals surface area (Å²) in [7, 11) is -3.88. The number of rotatable bonds is 10. The van der Waals surface area contributed by atoms with Crippen LogP contribution in [0.4, 0.5) is 5.69 Å². The number of halogens is 2. The summed E-state index contributed by atoms with van der Waals surface area (Å²) in [6, 6.07) is 13.5. The lowest BCUT2D eigenvalue weighted by molar-refractivity contribution is -0.139. The van der Waals surface area contributed by atoms with Crippen molar-refractivity contribution in [2.75, 3.05) is 23.7 Å². The molecule has 1 unspecified atom stereocenters. The molecule has 2 aromatic carbocycles. The van der Waals surface area contributed by atoms with E-state index in [0.717, 1.165) is 41.8 Å². The van der Waals surface area contributed by atoms with Crippen molar-refractivity contribution in [3.05, 3.63) is 64.1 Å². The van der Waals surface area contributed by atoms with E-state index in [-0.39, 0.29) is 34.2 Å². The van der Waals surface area contributed by atoms with Gasteiger partial charge in [-0.15, -0.1) is 0 Å². The summed E-state index contributed by atoms with van der Waals surface area (Å²) in [5, 5.41) is 3.25. The molecule has 0 aliphatic heterocycles. The van der Waals surface area contributed by atoms with Crippen LogP contribution in [0.25, 0.3) is 0 Å². The molecule has 2 amide bonds. The van der Waals surface area contributed by atoms with E-state index in [1.807, 2.05) is 30.3 Å². The first kappa shape index (κ1) is 27.3. The van der Waals surface area contributed by atoms with Gasteiger partial charge in [-0.25, -0.2) is 8.42 Å². The number of carbonyl (C=O) groups is 2. The van der Waals surface area contributed by atoms with Crippen molar-refractivity contribution in [1.29, 1.82) is 0 Å². The smallest absolute Gasteiger partial charge is 0.244 e. The van der Waals surface area contributed by atoms with E-state index < -0.39 is 28.5 Å². The summed E-state index contributed by atoms with van der Waals surface area (Å²) in [6.45, 7) is 1.42. The lowest BCUT2D eigenvalue weighted by Gasteiger charge is -2.32. The Balaban J connectivity index is 1.85. The highest BCUT2D eigenvalue weighted by Crippen LogP contribution is 2.33. The predicted octanol–water partition coefficient (Wildman–Crippen LogP) is 4.28. The standard InChI is InChI=1S/C25H31Cl2N3O4S/c1-18(25(32)28-20-11-6-7-12-20)29(16-15-19-9-4-3-5-10-19)23(31)17-30(35(2,33)34)22-14-8-13-21(26)24(22)27/h3-5,8-10,13-14,18,20H,6-7,11-12,15-17H2,1-2H3,(H,28,32). The minimum atomic E-state index is -3.88. The molecule has 1 atom stereocenters. The van der Waals surface area contributed by atoms with Crippen molar-refractivity contribution >= 4 is 50.7 Å². The summed E-state index contributed by atoms with van der Waals surface area (Å²) in [6.07, 6.45) is 5.50. The second kappa shape index (κ2) is 12.1. The first-order valence-corrected chi connectivity index (χ1v) is 14.2. The average molecular weight is 541 g/mol. The van der Waals surface area contributed by atoms with E-state index in [1.165, 1.54) is 17.0 Å². The van der Waals surface area contributed by atoms with Crippen LogP contribution in [0.3, 0.4) is 0 Å². The average Bonchev–Trinajstić information content (AvgIpc) is 3.32. The maximum atomic E-state index is 13.5. The minimum Gasteiger partial charge on any atom is -0.352 e. The van der Waals surface area contributed by atoms with E-state index >= 15 is 0 Å². The maximum absolute atomic E-state index is 13.5. The molecule has 1 saturated carbocycles. The Bertz CT molecular complexity index is 1140. The first-order chi connectivity index (χ1) is 16.6. The van der Waals surface area contributed by atoms with Gasteiger partial charge in [-0.2, -0.15) is 0 Å². The van der Waals surface area contributed by atoms with Crippen molar-refractivity contribution in [2.45, 2.75) is 51.1 Å². The largest absolute Gasteiger partial charge is 0.352 e. The number of anilines is 1. The molecular formula is C25H31Cl2N3O4S. The first-order valence-electron chi connectivity index (χ1n) is 11.6. The van der Waals surface area contributed by atoms with E-state index in [4.69, 9.17) is 23.2 Å². The van der Waals surface area contributed by atoms with Crippen LogP contribution in [0.1, 0.15) is 38.2 Å². The molecule has 35 heavy (non-hydrogen) atoms. The monoisotopic (exact) mass is 539 g/mol. The van der Waals surface area contributed by atoms with Crippen LogP contribution in [0, 0.1) is 0 Å². The zero-order chi connectivity index (χ0) is 25.6. The Morgan fingerprint density at radius 3 is 2.34 bits per heavy atom. The van der Waals surface area contributed by atoms with Crippen LogP contribution in [-0.2, 0) is 26.0 Å². The molecule has 2 aromatic rings. The Labute approximate surface area is 217 Å². The Kier molecular flexibility index (Phi) is 9.44. The Hall–Kier alpha value is -2.29. The fraction of sp³-hybridized carbons (Fsp3) is 0.440. The molecule has 190 valence electrons. The number of sulfonamides is 1. The molecule has 0 heterocycles. The fourth-order valence-electron chi connectivity index (χ4n) is 4.24. The Morgan fingerprint density at radius 2 is 1.71 bits per heavy atom. The molecule has 7 nitrogen and oxygen atoms in total. The van der Waals surface area contributed by atoms with Gasteiger partial charge in [-0.05, 0) is 43.9 Å². The third-order valence-electron chi connectivity index (χ3n) is 6.23. The molecular weight excluding hydrogens is 509 g/mol. The number of amides is 2. The van der Waals surface area contributed by atoms with Crippen molar-refractivity contribution in [2.24, 2.45) is 0 Å². The lowest BCUT2D eigenvalue weighted by Crippen LogP contribution is -2.53. The molecule has 1 aliphatic rings. The number of nitrogens with zero attached hydrogens (tertiary/aromatic N) is 2. The van der Waals surface area contributed by atoms with Crippen LogP contribution in [-0.4, -0.2) is 56.6 Å². The number of carbonyl (C=O) groups excluding carboxylic acids is 2. The quantitative estimate of drug-likeness (QED) is 0.488. The molecule has 0 spiro atoms. The minimum absolute atomic E-state index is 0.0373. The Morgan fingerprint density at radius 1 is 1.06 bits per heavy atom. The molecule has 1 fully saturated rings. The van der Waals surface area contributed by atoms with Crippen LogP contribution in [0.2, 0.25) is 10.0 Å². The molecule has 1 aliphatic carbocycles. The summed E-state index contributed by atoms with van der Waals surface area (Å²) < 4.78 is 26.2. The van der Waals surface area contributed by atoms with Gasteiger partial charge in [0, 0.05) is 12.6 Å². The van der Waals surface area contributed by atoms with E-state index in [0.29, 0.717) is 6.42 Å². The van der Waals surface area contributed by atoms with Gasteiger partial charge in [-0.3, -0.25) is 13.9 Å². The zero-order valence-electron chi connectivity index (χ0n) is 19.9. The van der Waals surface area contributed by atoms with Crippen LogP contribution in [0.5, 0.6) is 0 Å². The SMILES string of the molecule is CC(C(=O)NC1CCCC1)N(CCc1ccccc1)C(=O)CN(c1cccc(Cl)c1Cl)S(C)(=O)=O. The van der Waals surface area contributed by atoms with Crippen LogP contribution >= 0.6 is 23.2 Å². The van der Waals surface area contributed by atoms with E-state index in [1.54, 1.807) is 13.0 Å². The fourth-order valence-corrected chi connectivity index (χ4v) is 5.54. The van der Waals surface area contributed by atoms with Crippen LogP contribution < -0.4 is 9.62 Å². The van der Waals surface area contributed by atoms with Gasteiger partial charge in [0.1, 0.15) is 12.6 Å². The second-order valence-electron chi connectivity index (χ2n) is 8.83. The summed E-state index contributed by atoms with van der Waals surface area (Å²) >= 11 is 12.4. The maximum Gasteiger partial charge on any atom is 0.244 e. The predicted molar refractivity (Wildman–Crippen MR) is 140 cm³/mol. The number of hydrogen-bond acceptors (Lipinski definition) is 4. The molecule has 10 heteroatoms. The van der Waals surface area contributed by atoms with Gasteiger partial charge in [-0.1, -0.05) is 72.4 Å². The van der Waals surface area contributed by atoms with Crippen LogP contribution in [0.15, 0.2) is 48.5 Å². The van der Waals surface area contributed by atoms with Crippen molar-refractivity contribution in [3.63, 3.8) is 0 Å². The van der Waals surface area contributed by atoms with Gasteiger partial charge in [0.2, 0.25) is 21.8 Å². The summed E-state index contributed by atoms with van der Waals surface area (Å²) in [4.78, 5) is 28.0. The summed E-state index contributed by atoms with van der Waals surface area (Å²) in [5.41, 5.74) is 1.12. The second-order valence-corrected chi connectivity index (χ2v) is 11.5. The normalized spacial score (nSPS) is 15.0. The molecule has 0 saturated heterocycles. The number of benzene rings is 2.